The third-order valence-electron chi connectivity index (χ3n) is 6.27. The Morgan fingerprint density at radius 3 is 2.82 bits per heavy atom. The quantitative estimate of drug-likeness (QED) is 0.441. The molecule has 0 saturated carbocycles. The molecule has 3 atom stereocenters. The van der Waals surface area contributed by atoms with Gasteiger partial charge in [-0.15, -0.1) is 0 Å². The van der Waals surface area contributed by atoms with Gasteiger partial charge >= 0.3 is 5.97 Å². The first-order chi connectivity index (χ1) is 16.2. The summed E-state index contributed by atoms with van der Waals surface area (Å²) in [5.74, 6) is -0.372. The van der Waals surface area contributed by atoms with E-state index in [4.69, 9.17) is 21.7 Å². The molecule has 2 aliphatic rings. The highest BCUT2D eigenvalue weighted by Crippen LogP contribution is 2.40. The van der Waals surface area contributed by atoms with Crippen molar-refractivity contribution in [2.45, 2.75) is 31.0 Å². The van der Waals surface area contributed by atoms with Crippen LogP contribution in [0.3, 0.4) is 0 Å². The second-order valence-corrected chi connectivity index (χ2v) is 8.61. The maximum absolute atomic E-state index is 12.5. The molecule has 0 unspecified atom stereocenters. The van der Waals surface area contributed by atoms with E-state index in [1.807, 2.05) is 53.2 Å². The maximum atomic E-state index is 12.5. The van der Waals surface area contributed by atoms with Gasteiger partial charge in [-0.1, -0.05) is 18.2 Å². The fraction of sp³-hybridized carbons (Fsp3) is 0.320. The first kappa shape index (κ1) is 21.6. The van der Waals surface area contributed by atoms with Gasteiger partial charge < -0.3 is 24.3 Å². The Hall–Kier alpha value is -3.23. The van der Waals surface area contributed by atoms with Crippen LogP contribution in [0.4, 0.5) is 0 Å². The van der Waals surface area contributed by atoms with Crippen LogP contribution >= 0.6 is 12.2 Å². The number of nitrogens with one attached hydrogen (secondary N) is 1. The van der Waals surface area contributed by atoms with Crippen LogP contribution < -0.4 is 5.32 Å². The molecule has 1 aromatic carbocycles. The van der Waals surface area contributed by atoms with E-state index in [9.17, 15) is 4.79 Å². The van der Waals surface area contributed by atoms with Crippen molar-refractivity contribution in [3.05, 3.63) is 83.9 Å². The molecule has 0 bridgehead atoms. The van der Waals surface area contributed by atoms with Crippen LogP contribution in [0.25, 0.3) is 5.69 Å². The van der Waals surface area contributed by atoms with Gasteiger partial charge in [0.25, 0.3) is 0 Å². The largest absolute Gasteiger partial charge is 0.465 e. The zero-order valence-corrected chi connectivity index (χ0v) is 19.2. The summed E-state index contributed by atoms with van der Waals surface area (Å²) >= 11 is 5.80. The molecule has 3 aromatic rings. The minimum absolute atomic E-state index is 0.127. The number of hydrogen-bond acceptors (Lipinski definition) is 5. The van der Waals surface area contributed by atoms with Crippen LogP contribution in [-0.4, -0.2) is 51.9 Å². The molecule has 0 aliphatic carbocycles. The monoisotopic (exact) mass is 462 g/mol. The zero-order chi connectivity index (χ0) is 22.8. The molecule has 7 nitrogen and oxygen atoms in total. The number of thiocarbonyl (C=S) groups is 1. The van der Waals surface area contributed by atoms with E-state index in [2.05, 4.69) is 21.3 Å². The van der Waals surface area contributed by atoms with Gasteiger partial charge in [0.2, 0.25) is 0 Å². The molecule has 0 radical (unpaired) electrons. The normalized spacial score (nSPS) is 22.4. The van der Waals surface area contributed by atoms with Crippen molar-refractivity contribution in [3.63, 3.8) is 0 Å². The lowest BCUT2D eigenvalue weighted by Crippen LogP contribution is -2.36. The lowest BCUT2D eigenvalue weighted by atomic mass is 10.0. The number of para-hydroxylation sites is 1. The molecule has 1 N–H and O–H groups in total. The number of methoxy groups -OCH3 is 1. The van der Waals surface area contributed by atoms with E-state index in [1.54, 1.807) is 12.3 Å². The fourth-order valence-corrected chi connectivity index (χ4v) is 5.07. The number of esters is 1. The van der Waals surface area contributed by atoms with Gasteiger partial charge in [-0.3, -0.25) is 4.98 Å². The van der Waals surface area contributed by atoms with Crippen LogP contribution in [0.15, 0.2) is 67.0 Å². The van der Waals surface area contributed by atoms with Gasteiger partial charge in [0, 0.05) is 31.2 Å². The predicted molar refractivity (Wildman–Crippen MR) is 128 cm³/mol. The number of nitrogens with zero attached hydrogens (tertiary/aromatic N) is 3. The van der Waals surface area contributed by atoms with Crippen molar-refractivity contribution in [2.75, 3.05) is 20.3 Å². The summed E-state index contributed by atoms with van der Waals surface area (Å²) in [4.78, 5) is 19.3. The maximum Gasteiger partial charge on any atom is 0.339 e. The number of benzene rings is 1. The van der Waals surface area contributed by atoms with Gasteiger partial charge in [0.1, 0.15) is 0 Å². The van der Waals surface area contributed by atoms with Crippen molar-refractivity contribution in [1.29, 1.82) is 0 Å². The van der Waals surface area contributed by atoms with Gasteiger partial charge in [0.05, 0.1) is 42.2 Å². The Kier molecular flexibility index (Phi) is 6.11. The number of pyridine rings is 1. The van der Waals surface area contributed by atoms with Gasteiger partial charge in [0.15, 0.2) is 5.11 Å². The van der Waals surface area contributed by atoms with Crippen molar-refractivity contribution >= 4 is 23.3 Å². The Labute approximate surface area is 198 Å². The standard InChI is InChI=1S/C25H26N4O3S/c1-31-24(30)18-9-2-3-11-20(18)28-14-6-12-21(28)23-22(19-10-4-5-13-26-19)27-25(33)29(23)16-17-8-7-15-32-17/h2-6,9-14,17,22-23H,7-8,15-16H2,1H3,(H,27,33)/t17-,22-,23+/m0/s1. The third-order valence-corrected chi connectivity index (χ3v) is 6.63. The van der Waals surface area contributed by atoms with Gasteiger partial charge in [-0.2, -0.15) is 0 Å². The molecule has 33 heavy (non-hydrogen) atoms. The molecule has 5 rings (SSSR count). The first-order valence-electron chi connectivity index (χ1n) is 11.1. The van der Waals surface area contributed by atoms with Crippen LogP contribution in [-0.2, 0) is 9.47 Å². The number of aromatic nitrogens is 2. The Bertz CT molecular complexity index is 1140. The van der Waals surface area contributed by atoms with E-state index in [0.717, 1.165) is 36.5 Å². The summed E-state index contributed by atoms with van der Waals surface area (Å²) in [6.07, 6.45) is 5.99. The predicted octanol–water partition coefficient (Wildman–Crippen LogP) is 3.81. The van der Waals surface area contributed by atoms with E-state index in [0.29, 0.717) is 17.2 Å². The topological polar surface area (TPSA) is 68.6 Å². The molecular weight excluding hydrogens is 436 g/mol. The average molecular weight is 463 g/mol. The first-order valence-corrected chi connectivity index (χ1v) is 11.5. The highest BCUT2D eigenvalue weighted by Gasteiger charge is 2.42. The van der Waals surface area contributed by atoms with E-state index < -0.39 is 0 Å². The fourth-order valence-electron chi connectivity index (χ4n) is 4.75. The average Bonchev–Trinajstić information content (AvgIpc) is 3.60. The zero-order valence-electron chi connectivity index (χ0n) is 18.4. The number of rotatable bonds is 6. The second kappa shape index (κ2) is 9.33. The van der Waals surface area contributed by atoms with Crippen molar-refractivity contribution in [3.8, 4) is 5.69 Å². The van der Waals surface area contributed by atoms with Crippen LogP contribution in [0.2, 0.25) is 0 Å². The van der Waals surface area contributed by atoms with E-state index in [-0.39, 0.29) is 24.2 Å². The van der Waals surface area contributed by atoms with Crippen molar-refractivity contribution in [2.24, 2.45) is 0 Å². The smallest absolute Gasteiger partial charge is 0.339 e. The van der Waals surface area contributed by atoms with Gasteiger partial charge in [-0.05, 0) is 61.5 Å². The van der Waals surface area contributed by atoms with Crippen LogP contribution in [0, 0.1) is 0 Å². The molecule has 0 amide bonds. The molecule has 2 aromatic heterocycles. The Morgan fingerprint density at radius 1 is 1.21 bits per heavy atom. The molecule has 2 aliphatic heterocycles. The molecular formula is C25H26N4O3S. The molecule has 170 valence electrons. The summed E-state index contributed by atoms with van der Waals surface area (Å²) in [6.45, 7) is 1.49. The minimum atomic E-state index is -0.372. The highest BCUT2D eigenvalue weighted by molar-refractivity contribution is 7.80. The SMILES string of the molecule is COC(=O)c1ccccc1-n1cccc1[C@@H]1[C@H](c2ccccn2)NC(=S)N1C[C@@H]1CCCO1. The molecule has 2 fully saturated rings. The summed E-state index contributed by atoms with van der Waals surface area (Å²) < 4.78 is 13.0. The molecule has 4 heterocycles. The number of carbonyl (C=O) groups excluding carboxylic acids is 1. The lowest BCUT2D eigenvalue weighted by Gasteiger charge is -2.30. The summed E-state index contributed by atoms with van der Waals surface area (Å²) in [5.41, 5.74) is 3.19. The molecule has 2 saturated heterocycles. The third kappa shape index (κ3) is 4.12. The van der Waals surface area contributed by atoms with Crippen molar-refractivity contribution < 1.29 is 14.3 Å². The second-order valence-electron chi connectivity index (χ2n) is 8.23. The van der Waals surface area contributed by atoms with Crippen LogP contribution in [0.5, 0.6) is 0 Å². The summed E-state index contributed by atoms with van der Waals surface area (Å²) in [6, 6.07) is 17.2. The molecule has 8 heteroatoms. The van der Waals surface area contributed by atoms with E-state index >= 15 is 0 Å². The minimum Gasteiger partial charge on any atom is -0.465 e. The lowest BCUT2D eigenvalue weighted by molar-refractivity contribution is 0.0600. The Morgan fingerprint density at radius 2 is 2.06 bits per heavy atom. The highest BCUT2D eigenvalue weighted by atomic mass is 32.1. The molecule has 0 spiro atoms. The summed E-state index contributed by atoms with van der Waals surface area (Å²) in [5, 5.41) is 4.17. The Balaban J connectivity index is 1.60. The van der Waals surface area contributed by atoms with Gasteiger partial charge in [-0.25, -0.2) is 4.79 Å². The van der Waals surface area contributed by atoms with Crippen LogP contribution in [0.1, 0.15) is 46.7 Å². The van der Waals surface area contributed by atoms with Crippen molar-refractivity contribution in [1.82, 2.24) is 19.8 Å². The number of ether oxygens (including phenoxy) is 2. The number of carbonyl (C=O) groups is 1. The summed E-state index contributed by atoms with van der Waals surface area (Å²) in [7, 11) is 1.40. The number of hydrogen-bond donors (Lipinski definition) is 1. The van der Waals surface area contributed by atoms with E-state index in [1.165, 1.54) is 7.11 Å².